The van der Waals surface area contributed by atoms with Crippen molar-refractivity contribution in [3.05, 3.63) is 59.1 Å². The third-order valence-corrected chi connectivity index (χ3v) is 4.37. The monoisotopic (exact) mass is 414 g/mol. The van der Waals surface area contributed by atoms with Crippen molar-refractivity contribution in [3.8, 4) is 0 Å². The van der Waals surface area contributed by atoms with Gasteiger partial charge in [0.05, 0.1) is 6.61 Å². The minimum absolute atomic E-state index is 0.0739. The van der Waals surface area contributed by atoms with Crippen LogP contribution in [0.5, 0.6) is 0 Å². The molecule has 0 aliphatic rings. The predicted molar refractivity (Wildman–Crippen MR) is 97.2 cm³/mol. The number of hydrogen-bond acceptors (Lipinski definition) is 6. The molecule has 1 aromatic carbocycles. The first-order valence-electron chi connectivity index (χ1n) is 8.12. The van der Waals surface area contributed by atoms with Crippen LogP contribution in [0.1, 0.15) is 27.9 Å². The summed E-state index contributed by atoms with van der Waals surface area (Å²) < 4.78 is 49.6. The fourth-order valence-electron chi connectivity index (χ4n) is 2.11. The second-order valence-electron chi connectivity index (χ2n) is 5.33. The van der Waals surface area contributed by atoms with E-state index in [1.54, 1.807) is 30.3 Å². The Labute approximate surface area is 163 Å². The highest BCUT2D eigenvalue weighted by Gasteiger charge is 2.41. The first-order valence-corrected chi connectivity index (χ1v) is 8.93. The fraction of sp³-hybridized carbons (Fsp3) is 0.278. The summed E-state index contributed by atoms with van der Waals surface area (Å²) in [5.74, 6) is -1.16. The third kappa shape index (κ3) is 5.32. The normalized spacial score (nSPS) is 11.0. The summed E-state index contributed by atoms with van der Waals surface area (Å²) in [6.45, 7) is 4.63. The van der Waals surface area contributed by atoms with E-state index in [-0.39, 0.29) is 24.9 Å². The van der Waals surface area contributed by atoms with E-state index in [2.05, 4.69) is 16.3 Å². The number of hydrogen-bond donors (Lipinski definition) is 0. The number of alkyl halides is 3. The van der Waals surface area contributed by atoms with Crippen LogP contribution in [0.3, 0.4) is 0 Å². The highest BCUT2D eigenvalue weighted by atomic mass is 32.1. The number of amides is 1. The summed E-state index contributed by atoms with van der Waals surface area (Å²) in [7, 11) is 0. The van der Waals surface area contributed by atoms with Gasteiger partial charge in [-0.1, -0.05) is 47.7 Å². The molecular weight excluding hydrogens is 397 g/mol. The Morgan fingerprint density at radius 3 is 2.50 bits per heavy atom. The largest absolute Gasteiger partial charge is 0.462 e. The van der Waals surface area contributed by atoms with Gasteiger partial charge >= 0.3 is 18.2 Å². The van der Waals surface area contributed by atoms with Crippen LogP contribution in [0.2, 0.25) is 0 Å². The predicted octanol–water partition coefficient (Wildman–Crippen LogP) is 4.67. The van der Waals surface area contributed by atoms with Gasteiger partial charge in [0.1, 0.15) is 11.5 Å². The van der Waals surface area contributed by atoms with E-state index in [0.717, 1.165) is 4.90 Å². The van der Waals surface area contributed by atoms with Crippen molar-refractivity contribution < 1.29 is 32.2 Å². The number of carbonyl (C=O) groups excluding carboxylic acids is 2. The van der Waals surface area contributed by atoms with Crippen LogP contribution in [0.25, 0.3) is 0 Å². The minimum atomic E-state index is -4.88. The molecule has 0 aliphatic heterocycles. The smallest absolute Gasteiger partial charge is 0.435 e. The average Bonchev–Trinajstić information content (AvgIpc) is 3.11. The van der Waals surface area contributed by atoms with E-state index in [1.165, 1.54) is 13.0 Å². The van der Waals surface area contributed by atoms with Crippen LogP contribution in [0, 0.1) is 0 Å². The number of ether oxygens (including phenoxy) is 2. The molecule has 0 spiro atoms. The van der Waals surface area contributed by atoms with Crippen molar-refractivity contribution in [2.75, 3.05) is 18.1 Å². The molecule has 0 bridgehead atoms. The van der Waals surface area contributed by atoms with E-state index in [0.29, 0.717) is 16.9 Å². The van der Waals surface area contributed by atoms with Crippen LogP contribution in [0.4, 0.5) is 23.1 Å². The van der Waals surface area contributed by atoms with Crippen molar-refractivity contribution in [1.29, 1.82) is 0 Å². The summed E-state index contributed by atoms with van der Waals surface area (Å²) in [6, 6.07) is 8.77. The molecule has 0 radical (unpaired) electrons. The number of aromatic nitrogens is 1. The number of nitrogens with zero attached hydrogens (tertiary/aromatic N) is 2. The van der Waals surface area contributed by atoms with Gasteiger partial charge in [0.25, 0.3) is 0 Å². The molecule has 0 N–H and O–H groups in total. The van der Waals surface area contributed by atoms with Crippen molar-refractivity contribution in [2.24, 2.45) is 0 Å². The van der Waals surface area contributed by atoms with E-state index in [4.69, 9.17) is 4.74 Å². The number of rotatable bonds is 7. The summed E-state index contributed by atoms with van der Waals surface area (Å²) in [5, 5.41) is -0.340. The topological polar surface area (TPSA) is 68.7 Å². The molecule has 2 rings (SSSR count). The molecule has 6 nitrogen and oxygen atoms in total. The molecule has 0 saturated heterocycles. The first kappa shape index (κ1) is 21.4. The van der Waals surface area contributed by atoms with Crippen molar-refractivity contribution in [2.45, 2.75) is 19.7 Å². The molecular formula is C18H17F3N2O4S. The standard InChI is InChI=1S/C18H17F3N2O4S/c1-3-10-23(17(25)27-11-12-8-6-5-7-9-12)16-22-14(18(19,20)21)13(28-16)15(24)26-4-2/h3,5-9H,1,4,10-11H2,2H3. The van der Waals surface area contributed by atoms with Crippen LogP contribution in [0.15, 0.2) is 43.0 Å². The van der Waals surface area contributed by atoms with Crippen molar-refractivity contribution in [3.63, 3.8) is 0 Å². The van der Waals surface area contributed by atoms with Crippen molar-refractivity contribution >= 4 is 28.5 Å². The number of thiazole rings is 1. The average molecular weight is 414 g/mol. The maximum atomic E-state index is 13.3. The Balaban J connectivity index is 2.30. The fourth-order valence-corrected chi connectivity index (χ4v) is 3.09. The van der Waals surface area contributed by atoms with E-state index in [9.17, 15) is 22.8 Å². The number of benzene rings is 1. The lowest BCUT2D eigenvalue weighted by atomic mass is 10.2. The molecule has 0 atom stereocenters. The maximum absolute atomic E-state index is 13.3. The molecule has 0 saturated carbocycles. The molecule has 1 amide bonds. The lowest BCUT2D eigenvalue weighted by Gasteiger charge is -2.17. The quantitative estimate of drug-likeness (QED) is 0.487. The summed E-state index contributed by atoms with van der Waals surface area (Å²) in [6.07, 6.45) is -4.49. The second-order valence-corrected chi connectivity index (χ2v) is 6.31. The number of esters is 1. The number of carbonyl (C=O) groups is 2. The summed E-state index contributed by atoms with van der Waals surface area (Å²) in [4.78, 5) is 27.9. The van der Waals surface area contributed by atoms with Gasteiger partial charge in [-0.3, -0.25) is 0 Å². The molecule has 1 aromatic heterocycles. The van der Waals surface area contributed by atoms with Crippen molar-refractivity contribution in [1.82, 2.24) is 4.98 Å². The van der Waals surface area contributed by atoms with Gasteiger partial charge in [-0.25, -0.2) is 19.5 Å². The third-order valence-electron chi connectivity index (χ3n) is 3.31. The molecule has 10 heteroatoms. The Bertz CT molecular complexity index is 837. The van der Waals surface area contributed by atoms with Gasteiger partial charge in [-0.15, -0.1) is 6.58 Å². The maximum Gasteiger partial charge on any atom is 0.435 e. The van der Waals surface area contributed by atoms with E-state index in [1.807, 2.05) is 0 Å². The van der Waals surface area contributed by atoms with Crippen LogP contribution >= 0.6 is 11.3 Å². The molecule has 0 fully saturated rings. The Morgan fingerprint density at radius 1 is 1.25 bits per heavy atom. The zero-order valence-corrected chi connectivity index (χ0v) is 15.7. The van der Waals surface area contributed by atoms with Gasteiger partial charge in [-0.2, -0.15) is 13.2 Å². The van der Waals surface area contributed by atoms with Crippen LogP contribution < -0.4 is 4.90 Å². The molecule has 0 unspecified atom stereocenters. The molecule has 1 heterocycles. The summed E-state index contributed by atoms with van der Waals surface area (Å²) >= 11 is 0.404. The molecule has 150 valence electrons. The van der Waals surface area contributed by atoms with E-state index < -0.39 is 28.8 Å². The minimum Gasteiger partial charge on any atom is -0.462 e. The second kappa shape index (κ2) is 9.36. The lowest BCUT2D eigenvalue weighted by Crippen LogP contribution is -2.31. The van der Waals surface area contributed by atoms with E-state index >= 15 is 0 Å². The van der Waals surface area contributed by atoms with Crippen LogP contribution in [-0.4, -0.2) is 30.2 Å². The SMILES string of the molecule is C=CCN(C(=O)OCc1ccccc1)c1nc(C(F)(F)F)c(C(=O)OCC)s1. The Kier molecular flexibility index (Phi) is 7.16. The molecule has 2 aromatic rings. The van der Waals surface area contributed by atoms with Gasteiger partial charge in [0.15, 0.2) is 10.8 Å². The van der Waals surface area contributed by atoms with Gasteiger partial charge in [-0.05, 0) is 12.5 Å². The zero-order valence-electron chi connectivity index (χ0n) is 14.9. The Hall–Kier alpha value is -2.88. The first-order chi connectivity index (χ1) is 13.3. The highest BCUT2D eigenvalue weighted by Crippen LogP contribution is 2.38. The molecule has 28 heavy (non-hydrogen) atoms. The lowest BCUT2D eigenvalue weighted by molar-refractivity contribution is -0.141. The van der Waals surface area contributed by atoms with Gasteiger partial charge < -0.3 is 9.47 Å². The number of halogens is 3. The van der Waals surface area contributed by atoms with Crippen LogP contribution in [-0.2, 0) is 22.3 Å². The van der Waals surface area contributed by atoms with Gasteiger partial charge in [0.2, 0.25) is 0 Å². The Morgan fingerprint density at radius 2 is 1.93 bits per heavy atom. The highest BCUT2D eigenvalue weighted by molar-refractivity contribution is 7.17. The van der Waals surface area contributed by atoms with Gasteiger partial charge in [0, 0.05) is 6.54 Å². The zero-order chi connectivity index (χ0) is 20.7. The molecule has 0 aliphatic carbocycles. The summed E-state index contributed by atoms with van der Waals surface area (Å²) in [5.41, 5.74) is -0.701. The number of anilines is 1.